The van der Waals surface area contributed by atoms with Crippen molar-refractivity contribution in [1.29, 1.82) is 0 Å². The van der Waals surface area contributed by atoms with Crippen molar-refractivity contribution in [1.82, 2.24) is 15.6 Å². The molecule has 1 aliphatic carbocycles. The lowest BCUT2D eigenvalue weighted by Crippen LogP contribution is -2.44. The Morgan fingerprint density at radius 1 is 1.29 bits per heavy atom. The van der Waals surface area contributed by atoms with E-state index in [1.807, 2.05) is 19.3 Å². The molecule has 0 atom stereocenters. The molecule has 1 fully saturated rings. The van der Waals surface area contributed by atoms with Crippen LogP contribution in [-0.4, -0.2) is 44.3 Å². The SMILES string of the molecule is CCOCCC1(CNC(=NC)NCCc2c[nH]c3cc(F)ccc23)CCCC1. The van der Waals surface area contributed by atoms with Crippen LogP contribution in [0.25, 0.3) is 10.9 Å². The molecule has 28 heavy (non-hydrogen) atoms. The van der Waals surface area contributed by atoms with E-state index in [-0.39, 0.29) is 5.82 Å². The summed E-state index contributed by atoms with van der Waals surface area (Å²) in [6.45, 7) is 5.39. The molecule has 0 saturated heterocycles. The molecule has 0 bridgehead atoms. The average molecular weight is 389 g/mol. The molecule has 3 N–H and O–H groups in total. The first kappa shape index (κ1) is 20.6. The van der Waals surface area contributed by atoms with Gasteiger partial charge in [0.1, 0.15) is 5.82 Å². The number of hydrogen-bond donors (Lipinski definition) is 3. The van der Waals surface area contributed by atoms with Crippen LogP contribution in [0.1, 0.15) is 44.6 Å². The van der Waals surface area contributed by atoms with E-state index in [1.165, 1.54) is 43.4 Å². The van der Waals surface area contributed by atoms with Crippen LogP contribution in [0.2, 0.25) is 0 Å². The average Bonchev–Trinajstić information content (AvgIpc) is 3.32. The zero-order valence-electron chi connectivity index (χ0n) is 17.1. The fourth-order valence-corrected chi connectivity index (χ4v) is 4.25. The highest BCUT2D eigenvalue weighted by atomic mass is 19.1. The Bertz CT molecular complexity index is 780. The number of nitrogens with zero attached hydrogens (tertiary/aromatic N) is 1. The van der Waals surface area contributed by atoms with Crippen molar-refractivity contribution in [2.24, 2.45) is 10.4 Å². The minimum Gasteiger partial charge on any atom is -0.382 e. The minimum atomic E-state index is -0.214. The van der Waals surface area contributed by atoms with E-state index in [4.69, 9.17) is 4.74 Å². The standard InChI is InChI=1S/C22H33FN4O/c1-3-28-13-11-22(9-4-5-10-22)16-27-21(24-2)25-12-8-17-15-26-20-14-18(23)6-7-19(17)20/h6-7,14-15,26H,3-5,8-13,16H2,1-2H3,(H2,24,25,27). The number of aromatic nitrogens is 1. The molecule has 1 aromatic heterocycles. The number of halogens is 1. The maximum atomic E-state index is 13.3. The van der Waals surface area contributed by atoms with Gasteiger partial charge in [-0.1, -0.05) is 12.8 Å². The molecule has 0 amide bonds. The van der Waals surface area contributed by atoms with Gasteiger partial charge < -0.3 is 20.4 Å². The summed E-state index contributed by atoms with van der Waals surface area (Å²) in [6, 6.07) is 4.89. The van der Waals surface area contributed by atoms with Gasteiger partial charge in [-0.05, 0) is 61.8 Å². The molecular formula is C22H33FN4O. The summed E-state index contributed by atoms with van der Waals surface area (Å²) in [5.74, 6) is 0.627. The highest BCUT2D eigenvalue weighted by molar-refractivity contribution is 5.83. The van der Waals surface area contributed by atoms with Crippen molar-refractivity contribution in [3.63, 3.8) is 0 Å². The van der Waals surface area contributed by atoms with Crippen LogP contribution in [0.3, 0.4) is 0 Å². The topological polar surface area (TPSA) is 61.4 Å². The molecular weight excluding hydrogens is 355 g/mol. The van der Waals surface area contributed by atoms with Gasteiger partial charge >= 0.3 is 0 Å². The van der Waals surface area contributed by atoms with Crippen LogP contribution in [0, 0.1) is 11.2 Å². The summed E-state index contributed by atoms with van der Waals surface area (Å²) >= 11 is 0. The Kier molecular flexibility index (Phi) is 7.31. The summed E-state index contributed by atoms with van der Waals surface area (Å²) in [5, 5.41) is 8.02. The largest absolute Gasteiger partial charge is 0.382 e. The van der Waals surface area contributed by atoms with Gasteiger partial charge in [-0.3, -0.25) is 4.99 Å². The smallest absolute Gasteiger partial charge is 0.191 e. The monoisotopic (exact) mass is 388 g/mol. The molecule has 1 aromatic carbocycles. The molecule has 5 nitrogen and oxygen atoms in total. The highest BCUT2D eigenvalue weighted by Crippen LogP contribution is 2.40. The van der Waals surface area contributed by atoms with Gasteiger partial charge in [0, 0.05) is 50.5 Å². The third-order valence-electron chi connectivity index (χ3n) is 5.92. The van der Waals surface area contributed by atoms with Crippen molar-refractivity contribution in [3.8, 4) is 0 Å². The second kappa shape index (κ2) is 9.92. The zero-order valence-corrected chi connectivity index (χ0v) is 17.1. The summed E-state index contributed by atoms with van der Waals surface area (Å²) in [7, 11) is 1.81. The van der Waals surface area contributed by atoms with Gasteiger partial charge in [0.25, 0.3) is 0 Å². The van der Waals surface area contributed by atoms with E-state index >= 15 is 0 Å². The summed E-state index contributed by atoms with van der Waals surface area (Å²) in [4.78, 5) is 7.52. The van der Waals surface area contributed by atoms with E-state index in [2.05, 4.69) is 27.5 Å². The molecule has 0 radical (unpaired) electrons. The van der Waals surface area contributed by atoms with E-state index in [0.717, 1.165) is 56.0 Å². The van der Waals surface area contributed by atoms with Gasteiger partial charge in [-0.15, -0.1) is 0 Å². The molecule has 1 heterocycles. The molecule has 0 spiro atoms. The first-order chi connectivity index (χ1) is 13.7. The van der Waals surface area contributed by atoms with E-state index in [1.54, 1.807) is 0 Å². The van der Waals surface area contributed by atoms with E-state index in [0.29, 0.717) is 5.41 Å². The lowest BCUT2D eigenvalue weighted by molar-refractivity contribution is 0.105. The van der Waals surface area contributed by atoms with Crippen molar-refractivity contribution in [2.75, 3.05) is 33.4 Å². The highest BCUT2D eigenvalue weighted by Gasteiger charge is 2.33. The van der Waals surface area contributed by atoms with E-state index in [9.17, 15) is 4.39 Å². The number of hydrogen-bond acceptors (Lipinski definition) is 2. The normalized spacial score (nSPS) is 16.6. The quantitative estimate of drug-likeness (QED) is 0.346. The number of aliphatic imine (C=N–C) groups is 1. The minimum absolute atomic E-state index is 0.214. The van der Waals surface area contributed by atoms with Crippen molar-refractivity contribution in [3.05, 3.63) is 35.8 Å². The third-order valence-corrected chi connectivity index (χ3v) is 5.92. The first-order valence-electron chi connectivity index (χ1n) is 10.4. The lowest BCUT2D eigenvalue weighted by atomic mass is 9.83. The Morgan fingerprint density at radius 3 is 2.86 bits per heavy atom. The van der Waals surface area contributed by atoms with Gasteiger partial charge in [0.2, 0.25) is 0 Å². The van der Waals surface area contributed by atoms with Crippen LogP contribution >= 0.6 is 0 Å². The fourth-order valence-electron chi connectivity index (χ4n) is 4.25. The molecule has 3 rings (SSSR count). The number of guanidine groups is 1. The number of ether oxygens (including phenoxy) is 1. The van der Waals surface area contributed by atoms with Crippen LogP contribution < -0.4 is 10.6 Å². The Morgan fingerprint density at radius 2 is 2.11 bits per heavy atom. The first-order valence-corrected chi connectivity index (χ1v) is 10.4. The number of nitrogens with one attached hydrogen (secondary N) is 3. The fraction of sp³-hybridized carbons (Fsp3) is 0.591. The lowest BCUT2D eigenvalue weighted by Gasteiger charge is -2.30. The Hall–Kier alpha value is -2.08. The van der Waals surface area contributed by atoms with Crippen molar-refractivity contribution < 1.29 is 9.13 Å². The number of rotatable bonds is 9. The third kappa shape index (κ3) is 5.25. The van der Waals surface area contributed by atoms with Gasteiger partial charge in [0.15, 0.2) is 5.96 Å². The van der Waals surface area contributed by atoms with Gasteiger partial charge in [-0.25, -0.2) is 4.39 Å². The summed E-state index contributed by atoms with van der Waals surface area (Å²) < 4.78 is 18.9. The van der Waals surface area contributed by atoms with Crippen LogP contribution in [0.15, 0.2) is 29.4 Å². The van der Waals surface area contributed by atoms with Gasteiger partial charge in [-0.2, -0.15) is 0 Å². The van der Waals surface area contributed by atoms with Crippen molar-refractivity contribution in [2.45, 2.75) is 45.4 Å². The molecule has 1 saturated carbocycles. The maximum absolute atomic E-state index is 13.3. The summed E-state index contributed by atoms with van der Waals surface area (Å²) in [5.41, 5.74) is 2.35. The molecule has 0 unspecified atom stereocenters. The predicted molar refractivity (Wildman–Crippen MR) is 113 cm³/mol. The summed E-state index contributed by atoms with van der Waals surface area (Å²) in [6.07, 6.45) is 9.05. The van der Waals surface area contributed by atoms with Crippen molar-refractivity contribution >= 4 is 16.9 Å². The molecule has 1 aliphatic rings. The Balaban J connectivity index is 1.48. The number of fused-ring (bicyclic) bond motifs is 1. The zero-order chi connectivity index (χ0) is 19.8. The molecule has 2 aromatic rings. The number of H-pyrrole nitrogens is 1. The van der Waals surface area contributed by atoms with Crippen LogP contribution in [0.4, 0.5) is 4.39 Å². The molecule has 6 heteroatoms. The molecule has 0 aliphatic heterocycles. The molecule has 154 valence electrons. The second-order valence-corrected chi connectivity index (χ2v) is 7.76. The second-order valence-electron chi connectivity index (χ2n) is 7.76. The number of aromatic amines is 1. The number of benzene rings is 1. The van der Waals surface area contributed by atoms with Gasteiger partial charge in [0.05, 0.1) is 0 Å². The predicted octanol–water partition coefficient (Wildman–Crippen LogP) is 4.00. The van der Waals surface area contributed by atoms with Crippen LogP contribution in [0.5, 0.6) is 0 Å². The van der Waals surface area contributed by atoms with Crippen LogP contribution in [-0.2, 0) is 11.2 Å². The van der Waals surface area contributed by atoms with E-state index < -0.39 is 0 Å². The maximum Gasteiger partial charge on any atom is 0.191 e. The Labute approximate surface area is 167 Å².